The molecule has 88 valence electrons. The summed E-state index contributed by atoms with van der Waals surface area (Å²) >= 11 is 0. The van der Waals surface area contributed by atoms with Gasteiger partial charge in [-0.25, -0.2) is 4.79 Å². The topological polar surface area (TPSA) is 64.4 Å². The number of carbonyl (C=O) groups is 1. The summed E-state index contributed by atoms with van der Waals surface area (Å²) in [5, 5.41) is 2.25. The summed E-state index contributed by atoms with van der Waals surface area (Å²) in [5.41, 5.74) is 5.28. The second-order valence-corrected chi connectivity index (χ2v) is 2.91. The molecule has 0 radical (unpaired) electrons. The number of halogens is 3. The van der Waals surface area contributed by atoms with Gasteiger partial charge in [-0.1, -0.05) is 12.1 Å². The summed E-state index contributed by atoms with van der Waals surface area (Å²) in [5.74, 6) is -0.337. The first kappa shape index (κ1) is 12.2. The van der Waals surface area contributed by atoms with Crippen molar-refractivity contribution in [1.82, 2.24) is 5.32 Å². The summed E-state index contributed by atoms with van der Waals surface area (Å²) in [6.07, 6.45) is -4.73. The molecule has 0 spiro atoms. The lowest BCUT2D eigenvalue weighted by molar-refractivity contribution is -0.274. The Morgan fingerprint density at radius 2 is 2.12 bits per heavy atom. The highest BCUT2D eigenvalue weighted by molar-refractivity contribution is 5.71. The average Bonchev–Trinajstić information content (AvgIpc) is 2.12. The van der Waals surface area contributed by atoms with Crippen LogP contribution >= 0.6 is 0 Å². The molecule has 0 aliphatic heterocycles. The Labute approximate surface area is 89.2 Å². The van der Waals surface area contributed by atoms with E-state index in [9.17, 15) is 18.0 Å². The maximum absolute atomic E-state index is 11.9. The number of alkyl halides is 3. The van der Waals surface area contributed by atoms with Crippen molar-refractivity contribution in [3.8, 4) is 5.75 Å². The molecule has 2 amide bonds. The standard InChI is InChI=1S/C9H9F3N2O2/c10-9(11,12)16-7-3-1-2-6(4-7)5-14-8(13)15/h1-4H,5H2,(H3,13,14,15). The molecular weight excluding hydrogens is 225 g/mol. The fraction of sp³-hybridized carbons (Fsp3) is 0.222. The number of urea groups is 1. The molecule has 3 N–H and O–H groups in total. The van der Waals surface area contributed by atoms with Crippen LogP contribution in [0.4, 0.5) is 18.0 Å². The molecule has 7 heteroatoms. The number of amides is 2. The smallest absolute Gasteiger partial charge is 0.406 e. The first-order chi connectivity index (χ1) is 7.37. The summed E-state index contributed by atoms with van der Waals surface area (Å²) in [7, 11) is 0. The van der Waals surface area contributed by atoms with Crippen LogP contribution in [0.15, 0.2) is 24.3 Å². The lowest BCUT2D eigenvalue weighted by Crippen LogP contribution is -2.28. The fourth-order valence-corrected chi connectivity index (χ4v) is 1.04. The molecule has 0 saturated heterocycles. The molecule has 0 unspecified atom stereocenters. The number of carbonyl (C=O) groups excluding carboxylic acids is 1. The van der Waals surface area contributed by atoms with Gasteiger partial charge in [-0.15, -0.1) is 13.2 Å². The minimum absolute atomic E-state index is 0.0460. The Balaban J connectivity index is 2.67. The van der Waals surface area contributed by atoms with Crippen molar-refractivity contribution in [3.05, 3.63) is 29.8 Å². The Morgan fingerprint density at radius 1 is 1.44 bits per heavy atom. The molecule has 0 atom stereocenters. The van der Waals surface area contributed by atoms with Crippen LogP contribution in [0, 0.1) is 0 Å². The molecule has 0 aliphatic carbocycles. The summed E-state index contributed by atoms with van der Waals surface area (Å²) in [4.78, 5) is 10.4. The van der Waals surface area contributed by atoms with E-state index >= 15 is 0 Å². The third kappa shape index (κ3) is 4.54. The Bertz CT molecular complexity index is 379. The van der Waals surface area contributed by atoms with Crippen LogP contribution in [0.2, 0.25) is 0 Å². The Morgan fingerprint density at radius 3 is 2.69 bits per heavy atom. The van der Waals surface area contributed by atoms with Gasteiger partial charge in [0.1, 0.15) is 5.75 Å². The van der Waals surface area contributed by atoms with E-state index in [0.717, 1.165) is 0 Å². The van der Waals surface area contributed by atoms with Crippen molar-refractivity contribution in [3.63, 3.8) is 0 Å². The molecule has 4 nitrogen and oxygen atoms in total. The quantitative estimate of drug-likeness (QED) is 0.836. The highest BCUT2D eigenvalue weighted by Crippen LogP contribution is 2.23. The first-order valence-electron chi connectivity index (χ1n) is 4.25. The molecule has 1 aromatic carbocycles. The molecule has 16 heavy (non-hydrogen) atoms. The maximum Gasteiger partial charge on any atom is 0.573 e. The minimum atomic E-state index is -4.73. The van der Waals surface area contributed by atoms with Crippen LogP contribution in [-0.4, -0.2) is 12.4 Å². The minimum Gasteiger partial charge on any atom is -0.406 e. The van der Waals surface area contributed by atoms with Crippen molar-refractivity contribution in [1.29, 1.82) is 0 Å². The Hall–Kier alpha value is -1.92. The van der Waals surface area contributed by atoms with Crippen LogP contribution in [-0.2, 0) is 6.54 Å². The fourth-order valence-electron chi connectivity index (χ4n) is 1.04. The summed E-state index contributed by atoms with van der Waals surface area (Å²) in [6.45, 7) is 0.0460. The van der Waals surface area contributed by atoms with Gasteiger partial charge in [0.25, 0.3) is 0 Å². The van der Waals surface area contributed by atoms with Gasteiger partial charge >= 0.3 is 12.4 Å². The first-order valence-corrected chi connectivity index (χ1v) is 4.25. The Kier molecular flexibility index (Phi) is 3.60. The number of nitrogens with two attached hydrogens (primary N) is 1. The zero-order valence-electron chi connectivity index (χ0n) is 8.04. The average molecular weight is 234 g/mol. The lowest BCUT2D eigenvalue weighted by atomic mass is 10.2. The number of hydrogen-bond donors (Lipinski definition) is 2. The third-order valence-corrected chi connectivity index (χ3v) is 1.60. The van der Waals surface area contributed by atoms with Crippen LogP contribution in [0.3, 0.4) is 0 Å². The number of nitrogens with one attached hydrogen (secondary N) is 1. The second-order valence-electron chi connectivity index (χ2n) is 2.91. The van der Waals surface area contributed by atoms with E-state index in [0.29, 0.717) is 5.56 Å². The van der Waals surface area contributed by atoms with Crippen LogP contribution in [0.1, 0.15) is 5.56 Å². The van der Waals surface area contributed by atoms with Crippen LogP contribution in [0.25, 0.3) is 0 Å². The van der Waals surface area contributed by atoms with Crippen molar-refractivity contribution >= 4 is 6.03 Å². The maximum atomic E-state index is 11.9. The summed E-state index contributed by atoms with van der Waals surface area (Å²) in [6, 6.07) is 4.52. The van der Waals surface area contributed by atoms with E-state index in [1.165, 1.54) is 18.2 Å². The number of ether oxygens (including phenoxy) is 1. The van der Waals surface area contributed by atoms with Gasteiger partial charge in [0.2, 0.25) is 0 Å². The summed E-state index contributed by atoms with van der Waals surface area (Å²) < 4.78 is 39.3. The van der Waals surface area contributed by atoms with Crippen molar-refractivity contribution in [2.24, 2.45) is 5.73 Å². The molecule has 0 saturated carbocycles. The van der Waals surface area contributed by atoms with Gasteiger partial charge in [-0.2, -0.15) is 0 Å². The predicted octanol–water partition coefficient (Wildman–Crippen LogP) is 1.75. The van der Waals surface area contributed by atoms with E-state index in [1.54, 1.807) is 6.07 Å². The SMILES string of the molecule is NC(=O)NCc1cccc(OC(F)(F)F)c1. The lowest BCUT2D eigenvalue weighted by Gasteiger charge is -2.10. The third-order valence-electron chi connectivity index (χ3n) is 1.60. The molecule has 0 aliphatic rings. The molecule has 0 bridgehead atoms. The number of rotatable bonds is 3. The van der Waals surface area contributed by atoms with E-state index in [4.69, 9.17) is 5.73 Å². The van der Waals surface area contributed by atoms with E-state index < -0.39 is 12.4 Å². The van der Waals surface area contributed by atoms with Crippen molar-refractivity contribution in [2.75, 3.05) is 0 Å². The number of hydrogen-bond acceptors (Lipinski definition) is 2. The van der Waals surface area contributed by atoms with Crippen molar-refractivity contribution < 1.29 is 22.7 Å². The van der Waals surface area contributed by atoms with E-state index in [-0.39, 0.29) is 12.3 Å². The van der Waals surface area contributed by atoms with E-state index in [1.807, 2.05) is 0 Å². The van der Waals surface area contributed by atoms with Crippen LogP contribution in [0.5, 0.6) is 5.75 Å². The van der Waals surface area contributed by atoms with Gasteiger partial charge in [0.15, 0.2) is 0 Å². The molecular formula is C9H9F3N2O2. The molecule has 1 aromatic rings. The van der Waals surface area contributed by atoms with Gasteiger partial charge in [0, 0.05) is 6.54 Å². The molecule has 1 rings (SSSR count). The second kappa shape index (κ2) is 4.73. The monoisotopic (exact) mass is 234 g/mol. The molecule has 0 fully saturated rings. The zero-order chi connectivity index (χ0) is 12.2. The van der Waals surface area contributed by atoms with Gasteiger partial charge in [0.05, 0.1) is 0 Å². The van der Waals surface area contributed by atoms with Crippen LogP contribution < -0.4 is 15.8 Å². The number of benzene rings is 1. The van der Waals surface area contributed by atoms with Gasteiger partial charge in [-0.3, -0.25) is 0 Å². The normalized spacial score (nSPS) is 10.9. The van der Waals surface area contributed by atoms with Gasteiger partial charge < -0.3 is 15.8 Å². The van der Waals surface area contributed by atoms with Gasteiger partial charge in [-0.05, 0) is 17.7 Å². The van der Waals surface area contributed by atoms with E-state index in [2.05, 4.69) is 10.1 Å². The highest BCUT2D eigenvalue weighted by Gasteiger charge is 2.31. The largest absolute Gasteiger partial charge is 0.573 e. The number of primary amides is 1. The molecule has 0 heterocycles. The zero-order valence-corrected chi connectivity index (χ0v) is 8.04. The predicted molar refractivity (Wildman–Crippen MR) is 49.5 cm³/mol. The van der Waals surface area contributed by atoms with Crippen molar-refractivity contribution in [2.45, 2.75) is 12.9 Å². The highest BCUT2D eigenvalue weighted by atomic mass is 19.4. The molecule has 0 aromatic heterocycles.